The third-order valence-electron chi connectivity index (χ3n) is 2.21. The highest BCUT2D eigenvalue weighted by molar-refractivity contribution is 5.73. The van der Waals surface area contributed by atoms with Crippen molar-refractivity contribution in [3.05, 3.63) is 17.5 Å². The first-order chi connectivity index (χ1) is 7.06. The fourth-order valence-electron chi connectivity index (χ4n) is 1.59. The van der Waals surface area contributed by atoms with Crippen molar-refractivity contribution in [1.29, 1.82) is 0 Å². The van der Waals surface area contributed by atoms with Gasteiger partial charge in [0.25, 0.3) is 0 Å². The molecule has 0 saturated heterocycles. The summed E-state index contributed by atoms with van der Waals surface area (Å²) < 4.78 is 1.44. The van der Waals surface area contributed by atoms with Gasteiger partial charge in [-0.1, -0.05) is 0 Å². The molecule has 0 aliphatic carbocycles. The number of hydrogen-bond acceptors (Lipinski definition) is 3. The Bertz CT molecular complexity index is 402. The van der Waals surface area contributed by atoms with Crippen LogP contribution in [-0.2, 0) is 24.4 Å². The summed E-state index contributed by atoms with van der Waals surface area (Å²) in [6, 6.07) is 0. The minimum Gasteiger partial charge on any atom is -0.465 e. The van der Waals surface area contributed by atoms with E-state index in [0.717, 1.165) is 5.56 Å². The Labute approximate surface area is 85.1 Å². The maximum Gasteiger partial charge on any atom is 0.407 e. The van der Waals surface area contributed by atoms with Crippen molar-refractivity contribution >= 4 is 12.0 Å². The smallest absolute Gasteiger partial charge is 0.407 e. The number of hydrogen-bond donors (Lipinski definition) is 2. The maximum atomic E-state index is 10.6. The third-order valence-corrected chi connectivity index (χ3v) is 2.21. The molecule has 1 aliphatic heterocycles. The van der Waals surface area contributed by atoms with Crippen LogP contribution in [-0.4, -0.2) is 31.8 Å². The van der Waals surface area contributed by atoms with E-state index in [1.54, 1.807) is 6.20 Å². The molecule has 1 aromatic heterocycles. The lowest BCUT2D eigenvalue weighted by Gasteiger charge is -2.09. The maximum absolute atomic E-state index is 10.6. The molecule has 0 radical (unpaired) electrons. The summed E-state index contributed by atoms with van der Waals surface area (Å²) in [7, 11) is 0. The summed E-state index contributed by atoms with van der Waals surface area (Å²) in [6.45, 7) is 0.625. The second-order valence-corrected chi connectivity index (χ2v) is 3.40. The van der Waals surface area contributed by atoms with E-state index in [-0.39, 0.29) is 13.1 Å². The SMILES string of the molecule is NC(=O)Cn1cc2c(n1)CN(C(=O)O)C2. The molecular formula is C8H10N4O3. The van der Waals surface area contributed by atoms with Crippen LogP contribution in [0.2, 0.25) is 0 Å². The zero-order valence-electron chi connectivity index (χ0n) is 7.88. The zero-order chi connectivity index (χ0) is 11.0. The van der Waals surface area contributed by atoms with Crippen molar-refractivity contribution in [2.45, 2.75) is 19.6 Å². The Morgan fingerprint density at radius 3 is 2.80 bits per heavy atom. The van der Waals surface area contributed by atoms with Gasteiger partial charge in [-0.05, 0) is 0 Å². The van der Waals surface area contributed by atoms with Crippen molar-refractivity contribution < 1.29 is 14.7 Å². The molecule has 0 unspecified atom stereocenters. The van der Waals surface area contributed by atoms with E-state index in [1.165, 1.54) is 9.58 Å². The summed E-state index contributed by atoms with van der Waals surface area (Å²) in [5.41, 5.74) is 6.54. The molecule has 0 saturated carbocycles. The van der Waals surface area contributed by atoms with Crippen molar-refractivity contribution in [2.75, 3.05) is 0 Å². The summed E-state index contributed by atoms with van der Waals surface area (Å²) in [5, 5.41) is 12.8. The number of rotatable bonds is 2. The molecule has 0 fully saturated rings. The van der Waals surface area contributed by atoms with Crippen molar-refractivity contribution in [2.24, 2.45) is 5.73 Å². The molecule has 1 aromatic rings. The largest absolute Gasteiger partial charge is 0.465 e. The molecule has 0 spiro atoms. The van der Waals surface area contributed by atoms with E-state index in [2.05, 4.69) is 5.10 Å². The Kier molecular flexibility index (Phi) is 2.07. The third kappa shape index (κ3) is 1.76. The van der Waals surface area contributed by atoms with Gasteiger partial charge in [-0.3, -0.25) is 14.4 Å². The predicted molar refractivity (Wildman–Crippen MR) is 48.7 cm³/mol. The Morgan fingerprint density at radius 2 is 2.27 bits per heavy atom. The Morgan fingerprint density at radius 1 is 1.53 bits per heavy atom. The van der Waals surface area contributed by atoms with Gasteiger partial charge < -0.3 is 10.8 Å². The Balaban J connectivity index is 2.12. The minimum absolute atomic E-state index is 0.0278. The van der Waals surface area contributed by atoms with E-state index in [4.69, 9.17) is 10.8 Å². The molecule has 1 aliphatic rings. The molecule has 0 aromatic carbocycles. The first-order valence-corrected chi connectivity index (χ1v) is 4.37. The van der Waals surface area contributed by atoms with Crippen LogP contribution in [0, 0.1) is 0 Å². The summed E-state index contributed by atoms with van der Waals surface area (Å²) in [6.07, 6.45) is 0.692. The summed E-state index contributed by atoms with van der Waals surface area (Å²) in [5.74, 6) is -0.466. The molecule has 7 nitrogen and oxygen atoms in total. The van der Waals surface area contributed by atoms with Gasteiger partial charge >= 0.3 is 6.09 Å². The van der Waals surface area contributed by atoms with Crippen LogP contribution in [0.25, 0.3) is 0 Å². The summed E-state index contributed by atoms with van der Waals surface area (Å²) in [4.78, 5) is 22.5. The number of nitrogens with two attached hydrogens (primary N) is 1. The lowest BCUT2D eigenvalue weighted by molar-refractivity contribution is -0.118. The lowest BCUT2D eigenvalue weighted by Crippen LogP contribution is -2.24. The normalized spacial score (nSPS) is 14.0. The van der Waals surface area contributed by atoms with Gasteiger partial charge in [-0.25, -0.2) is 4.79 Å². The molecule has 15 heavy (non-hydrogen) atoms. The number of aromatic nitrogens is 2. The minimum atomic E-state index is -0.963. The number of carboxylic acid groups (broad SMARTS) is 1. The average Bonchev–Trinajstić information content (AvgIpc) is 2.58. The zero-order valence-corrected chi connectivity index (χ0v) is 7.88. The fraction of sp³-hybridized carbons (Fsp3) is 0.375. The van der Waals surface area contributed by atoms with Crippen molar-refractivity contribution in [3.8, 4) is 0 Å². The monoisotopic (exact) mass is 210 g/mol. The number of amides is 2. The number of primary amides is 1. The molecule has 2 heterocycles. The van der Waals surface area contributed by atoms with Crippen LogP contribution >= 0.6 is 0 Å². The number of nitrogens with zero attached hydrogens (tertiary/aromatic N) is 3. The van der Waals surface area contributed by atoms with E-state index in [1.807, 2.05) is 0 Å². The summed E-state index contributed by atoms with van der Waals surface area (Å²) >= 11 is 0. The van der Waals surface area contributed by atoms with Gasteiger partial charge in [0.15, 0.2) is 0 Å². The van der Waals surface area contributed by atoms with Crippen LogP contribution in [0.3, 0.4) is 0 Å². The Hall–Kier alpha value is -2.05. The van der Waals surface area contributed by atoms with Crippen molar-refractivity contribution in [3.63, 3.8) is 0 Å². The lowest BCUT2D eigenvalue weighted by atomic mass is 10.3. The molecule has 7 heteroatoms. The number of carbonyl (C=O) groups excluding carboxylic acids is 1. The van der Waals surface area contributed by atoms with Crippen LogP contribution in [0.15, 0.2) is 6.20 Å². The highest BCUT2D eigenvalue weighted by Gasteiger charge is 2.25. The topological polar surface area (TPSA) is 101 Å². The van der Waals surface area contributed by atoms with E-state index >= 15 is 0 Å². The highest BCUT2D eigenvalue weighted by Crippen LogP contribution is 2.20. The van der Waals surface area contributed by atoms with Gasteiger partial charge in [0.05, 0.1) is 18.8 Å². The molecular weight excluding hydrogens is 200 g/mol. The van der Waals surface area contributed by atoms with Crippen molar-refractivity contribution in [1.82, 2.24) is 14.7 Å². The standard InChI is InChI=1S/C8H10N4O3/c9-7(13)4-12-2-5-1-11(8(14)15)3-6(5)10-12/h2H,1,3-4H2,(H2,9,13)(H,14,15). The first kappa shape index (κ1) is 9.50. The number of carbonyl (C=O) groups is 2. The quantitative estimate of drug-likeness (QED) is 0.677. The van der Waals surface area contributed by atoms with Crippen LogP contribution < -0.4 is 5.73 Å². The van der Waals surface area contributed by atoms with Gasteiger partial charge in [-0.15, -0.1) is 0 Å². The van der Waals surface area contributed by atoms with Crippen LogP contribution in [0.1, 0.15) is 11.3 Å². The molecule has 2 rings (SSSR count). The highest BCUT2D eigenvalue weighted by atomic mass is 16.4. The average molecular weight is 210 g/mol. The molecule has 80 valence electrons. The van der Waals surface area contributed by atoms with Gasteiger partial charge in [0.1, 0.15) is 6.54 Å². The van der Waals surface area contributed by atoms with Gasteiger partial charge in [0, 0.05) is 11.8 Å². The van der Waals surface area contributed by atoms with E-state index in [0.29, 0.717) is 12.2 Å². The fourth-order valence-corrected chi connectivity index (χ4v) is 1.59. The van der Waals surface area contributed by atoms with E-state index < -0.39 is 12.0 Å². The van der Waals surface area contributed by atoms with E-state index in [9.17, 15) is 9.59 Å². The molecule has 0 bridgehead atoms. The van der Waals surface area contributed by atoms with Crippen LogP contribution in [0.5, 0.6) is 0 Å². The number of fused-ring (bicyclic) bond motifs is 1. The van der Waals surface area contributed by atoms with Gasteiger partial charge in [0.2, 0.25) is 5.91 Å². The predicted octanol–water partition coefficient (Wildman–Crippen LogP) is -0.638. The second kappa shape index (κ2) is 3.26. The molecule has 3 N–H and O–H groups in total. The first-order valence-electron chi connectivity index (χ1n) is 4.37. The molecule has 0 atom stereocenters. The van der Waals surface area contributed by atoms with Gasteiger partial charge in [-0.2, -0.15) is 5.10 Å². The second-order valence-electron chi connectivity index (χ2n) is 3.40. The van der Waals surface area contributed by atoms with Crippen LogP contribution in [0.4, 0.5) is 4.79 Å². The molecule has 2 amide bonds.